The number of benzene rings is 1. The summed E-state index contributed by atoms with van der Waals surface area (Å²) in [5.74, 6) is 0. The van der Waals surface area contributed by atoms with Gasteiger partial charge >= 0.3 is 0 Å². The first-order valence-electron chi connectivity index (χ1n) is 4.97. The molecule has 1 aliphatic carbocycles. The summed E-state index contributed by atoms with van der Waals surface area (Å²) >= 11 is 6.57. The molecule has 1 fully saturated rings. The van der Waals surface area contributed by atoms with Gasteiger partial charge in [-0.15, -0.1) is 11.6 Å². The second kappa shape index (κ2) is 3.71. The van der Waals surface area contributed by atoms with Gasteiger partial charge in [0.05, 0.1) is 4.87 Å². The molecule has 0 aromatic heterocycles. The lowest BCUT2D eigenvalue weighted by atomic mass is 9.83. The van der Waals surface area contributed by atoms with E-state index in [9.17, 15) is 0 Å². The Hall–Kier alpha value is -0.490. The standard InChI is InChI=1S/C12H14Cl/c13-12(9-5-2-6-10-12)11-7-3-1-4-8-11/h1,3-4,7H,2,5-6,9-10H2. The molecule has 0 heterocycles. The van der Waals surface area contributed by atoms with Crippen molar-refractivity contribution in [2.75, 3.05) is 0 Å². The largest absolute Gasteiger partial charge is 0.114 e. The zero-order chi connectivity index (χ0) is 9.15. The van der Waals surface area contributed by atoms with E-state index in [1.807, 2.05) is 18.2 Å². The van der Waals surface area contributed by atoms with Crippen molar-refractivity contribution >= 4 is 11.6 Å². The van der Waals surface area contributed by atoms with Gasteiger partial charge in [-0.05, 0) is 24.5 Å². The molecule has 0 aliphatic heterocycles. The van der Waals surface area contributed by atoms with Gasteiger partial charge in [0.15, 0.2) is 0 Å². The molecule has 1 aromatic carbocycles. The van der Waals surface area contributed by atoms with Crippen molar-refractivity contribution in [1.82, 2.24) is 0 Å². The van der Waals surface area contributed by atoms with E-state index < -0.39 is 0 Å². The van der Waals surface area contributed by atoms with Crippen LogP contribution in [0.15, 0.2) is 24.3 Å². The van der Waals surface area contributed by atoms with Gasteiger partial charge in [-0.1, -0.05) is 43.5 Å². The Balaban J connectivity index is 2.23. The Morgan fingerprint density at radius 2 is 1.92 bits per heavy atom. The number of hydrogen-bond donors (Lipinski definition) is 0. The zero-order valence-electron chi connectivity index (χ0n) is 7.72. The van der Waals surface area contributed by atoms with Crippen molar-refractivity contribution < 1.29 is 0 Å². The van der Waals surface area contributed by atoms with E-state index in [1.165, 1.54) is 24.8 Å². The van der Waals surface area contributed by atoms with Crippen LogP contribution in [0.25, 0.3) is 0 Å². The molecule has 0 spiro atoms. The van der Waals surface area contributed by atoms with Crippen LogP contribution in [0.5, 0.6) is 0 Å². The van der Waals surface area contributed by atoms with E-state index in [4.69, 9.17) is 11.6 Å². The highest BCUT2D eigenvalue weighted by Crippen LogP contribution is 2.42. The summed E-state index contributed by atoms with van der Waals surface area (Å²) in [5, 5.41) is 0. The molecule has 2 rings (SSSR count). The normalized spacial score (nSPS) is 21.3. The molecule has 13 heavy (non-hydrogen) atoms. The van der Waals surface area contributed by atoms with Gasteiger partial charge in [0.2, 0.25) is 0 Å². The van der Waals surface area contributed by atoms with Gasteiger partial charge < -0.3 is 0 Å². The topological polar surface area (TPSA) is 0 Å². The molecular formula is C12H14Cl. The summed E-state index contributed by atoms with van der Waals surface area (Å²) in [6, 6.07) is 11.3. The minimum absolute atomic E-state index is 0.112. The van der Waals surface area contributed by atoms with Gasteiger partial charge in [-0.25, -0.2) is 0 Å². The fraction of sp³-hybridized carbons (Fsp3) is 0.500. The second-order valence-electron chi connectivity index (χ2n) is 3.80. The molecule has 0 atom stereocenters. The van der Waals surface area contributed by atoms with E-state index in [1.54, 1.807) is 0 Å². The molecule has 0 saturated heterocycles. The Kier molecular flexibility index (Phi) is 2.59. The summed E-state index contributed by atoms with van der Waals surface area (Å²) < 4.78 is 0. The highest BCUT2D eigenvalue weighted by Gasteiger charge is 2.30. The van der Waals surface area contributed by atoms with Crippen LogP contribution in [0.1, 0.15) is 37.7 Å². The van der Waals surface area contributed by atoms with Crippen LogP contribution >= 0.6 is 11.6 Å². The minimum Gasteiger partial charge on any atom is -0.114 e. The Labute approximate surface area is 84.9 Å². The van der Waals surface area contributed by atoms with Crippen molar-refractivity contribution in [2.24, 2.45) is 0 Å². The molecule has 0 N–H and O–H groups in total. The summed E-state index contributed by atoms with van der Waals surface area (Å²) in [7, 11) is 0. The molecule has 1 radical (unpaired) electrons. The van der Waals surface area contributed by atoms with E-state index in [0.717, 1.165) is 12.8 Å². The minimum atomic E-state index is -0.112. The third kappa shape index (κ3) is 1.88. The molecule has 0 nitrogen and oxygen atoms in total. The molecule has 0 unspecified atom stereocenters. The SMILES string of the molecule is ClC1(c2[c]cccc2)CCCCC1. The molecular weight excluding hydrogens is 180 g/mol. The summed E-state index contributed by atoms with van der Waals surface area (Å²) in [5.41, 5.74) is 1.18. The molecule has 1 saturated carbocycles. The quantitative estimate of drug-likeness (QED) is 0.594. The fourth-order valence-corrected chi connectivity index (χ4v) is 2.44. The average Bonchev–Trinajstić information content (AvgIpc) is 2.20. The monoisotopic (exact) mass is 193 g/mol. The lowest BCUT2D eigenvalue weighted by molar-refractivity contribution is 0.398. The van der Waals surface area contributed by atoms with E-state index in [2.05, 4.69) is 12.1 Å². The molecule has 1 heteroatoms. The molecule has 0 bridgehead atoms. The smallest absolute Gasteiger partial charge is 0.0700 e. The van der Waals surface area contributed by atoms with Crippen molar-refractivity contribution in [2.45, 2.75) is 37.0 Å². The number of rotatable bonds is 1. The number of alkyl halides is 1. The van der Waals surface area contributed by atoms with E-state index >= 15 is 0 Å². The van der Waals surface area contributed by atoms with Gasteiger partial charge in [-0.3, -0.25) is 0 Å². The Bertz CT molecular complexity index is 260. The van der Waals surface area contributed by atoms with Crippen molar-refractivity contribution in [3.05, 3.63) is 35.9 Å². The van der Waals surface area contributed by atoms with Gasteiger partial charge in [-0.2, -0.15) is 0 Å². The van der Waals surface area contributed by atoms with Crippen LogP contribution in [0, 0.1) is 6.07 Å². The molecule has 69 valence electrons. The third-order valence-corrected chi connectivity index (χ3v) is 3.42. The zero-order valence-corrected chi connectivity index (χ0v) is 8.48. The first-order chi connectivity index (χ1) is 6.31. The first kappa shape index (κ1) is 9.08. The lowest BCUT2D eigenvalue weighted by Gasteiger charge is -2.31. The third-order valence-electron chi connectivity index (χ3n) is 2.84. The molecule has 0 amide bonds. The second-order valence-corrected chi connectivity index (χ2v) is 4.53. The van der Waals surface area contributed by atoms with Gasteiger partial charge in [0, 0.05) is 0 Å². The number of hydrogen-bond acceptors (Lipinski definition) is 0. The fourth-order valence-electron chi connectivity index (χ4n) is 2.05. The van der Waals surface area contributed by atoms with Gasteiger partial charge in [0.1, 0.15) is 0 Å². The highest BCUT2D eigenvalue weighted by molar-refractivity contribution is 6.24. The Morgan fingerprint density at radius 3 is 2.54 bits per heavy atom. The van der Waals surface area contributed by atoms with Gasteiger partial charge in [0.25, 0.3) is 0 Å². The first-order valence-corrected chi connectivity index (χ1v) is 5.35. The van der Waals surface area contributed by atoms with Crippen molar-refractivity contribution in [1.29, 1.82) is 0 Å². The highest BCUT2D eigenvalue weighted by atomic mass is 35.5. The molecule has 1 aromatic rings. The average molecular weight is 194 g/mol. The van der Waals surface area contributed by atoms with E-state index in [0.29, 0.717) is 0 Å². The van der Waals surface area contributed by atoms with Crippen LogP contribution in [0.3, 0.4) is 0 Å². The van der Waals surface area contributed by atoms with Crippen LogP contribution in [-0.4, -0.2) is 0 Å². The summed E-state index contributed by atoms with van der Waals surface area (Å²) in [6.07, 6.45) is 6.06. The maximum Gasteiger partial charge on any atom is 0.0700 e. The van der Waals surface area contributed by atoms with Crippen LogP contribution in [0.2, 0.25) is 0 Å². The lowest BCUT2D eigenvalue weighted by Crippen LogP contribution is -2.21. The number of halogens is 1. The predicted octanol–water partition coefficient (Wildman–Crippen LogP) is 3.88. The van der Waals surface area contributed by atoms with Crippen LogP contribution in [0.4, 0.5) is 0 Å². The maximum atomic E-state index is 6.57. The predicted molar refractivity (Wildman–Crippen MR) is 55.9 cm³/mol. The van der Waals surface area contributed by atoms with E-state index in [-0.39, 0.29) is 4.87 Å². The van der Waals surface area contributed by atoms with Crippen LogP contribution in [-0.2, 0) is 4.87 Å². The Morgan fingerprint density at radius 1 is 1.15 bits per heavy atom. The van der Waals surface area contributed by atoms with Crippen LogP contribution < -0.4 is 0 Å². The molecule has 1 aliphatic rings. The van der Waals surface area contributed by atoms with Crippen molar-refractivity contribution in [3.63, 3.8) is 0 Å². The van der Waals surface area contributed by atoms with Crippen molar-refractivity contribution in [3.8, 4) is 0 Å². The summed E-state index contributed by atoms with van der Waals surface area (Å²) in [4.78, 5) is -0.112. The maximum absolute atomic E-state index is 6.57. The summed E-state index contributed by atoms with van der Waals surface area (Å²) in [6.45, 7) is 0.